The van der Waals surface area contributed by atoms with Gasteiger partial charge in [-0.15, -0.1) is 0 Å². The number of carbonyl (C=O) groups is 1. The van der Waals surface area contributed by atoms with Crippen molar-refractivity contribution in [3.8, 4) is 5.69 Å². The summed E-state index contributed by atoms with van der Waals surface area (Å²) in [6.07, 6.45) is -9.08. The molecule has 0 aliphatic carbocycles. The highest BCUT2D eigenvalue weighted by Crippen LogP contribution is 2.36. The number of amides is 1. The first-order chi connectivity index (χ1) is 13.5. The fourth-order valence-corrected chi connectivity index (χ4v) is 2.74. The quantitative estimate of drug-likeness (QED) is 0.555. The van der Waals surface area contributed by atoms with Crippen LogP contribution in [0.15, 0.2) is 60.8 Å². The first kappa shape index (κ1) is 20.4. The van der Waals surface area contributed by atoms with E-state index in [1.807, 2.05) is 0 Å². The fraction of sp³-hybridized carbons (Fsp3) is 0.158. The van der Waals surface area contributed by atoms with Crippen molar-refractivity contribution in [3.63, 3.8) is 0 Å². The van der Waals surface area contributed by atoms with Crippen molar-refractivity contribution >= 4 is 11.6 Å². The van der Waals surface area contributed by atoms with E-state index < -0.39 is 40.8 Å². The van der Waals surface area contributed by atoms with Gasteiger partial charge in [0.25, 0.3) is 5.91 Å². The van der Waals surface area contributed by atoms with Crippen molar-refractivity contribution in [1.29, 1.82) is 0 Å². The van der Waals surface area contributed by atoms with Gasteiger partial charge in [0.1, 0.15) is 0 Å². The van der Waals surface area contributed by atoms with E-state index in [0.717, 1.165) is 23.1 Å². The number of para-hydroxylation sites is 1. The van der Waals surface area contributed by atoms with E-state index in [9.17, 15) is 31.1 Å². The van der Waals surface area contributed by atoms with Crippen LogP contribution in [0.1, 0.15) is 21.6 Å². The summed E-state index contributed by atoms with van der Waals surface area (Å²) in [4.78, 5) is 13.7. The van der Waals surface area contributed by atoms with E-state index in [-0.39, 0.29) is 0 Å². The average Bonchev–Trinajstić information content (AvgIpc) is 3.12. The summed E-state index contributed by atoms with van der Waals surface area (Å²) in [6.45, 7) is 0. The summed E-state index contributed by atoms with van der Waals surface area (Å²) < 4.78 is 80.3. The lowest BCUT2D eigenvalue weighted by molar-refractivity contribution is -0.143. The van der Waals surface area contributed by atoms with Crippen LogP contribution in [-0.2, 0) is 12.4 Å². The predicted molar refractivity (Wildman–Crippen MR) is 92.7 cm³/mol. The van der Waals surface area contributed by atoms with Gasteiger partial charge >= 0.3 is 12.4 Å². The molecule has 0 saturated heterocycles. The van der Waals surface area contributed by atoms with Crippen molar-refractivity contribution in [2.75, 3.05) is 11.9 Å². The number of hydrogen-bond donors (Lipinski definition) is 0. The summed E-state index contributed by atoms with van der Waals surface area (Å²) in [5.74, 6) is -0.998. The number of benzene rings is 2. The third kappa shape index (κ3) is 4.10. The summed E-state index contributed by atoms with van der Waals surface area (Å²) in [5, 5.41) is 3.55. The van der Waals surface area contributed by atoms with Crippen LogP contribution in [0.3, 0.4) is 0 Å². The summed E-state index contributed by atoms with van der Waals surface area (Å²) in [7, 11) is 1.29. The van der Waals surface area contributed by atoms with Crippen LogP contribution >= 0.6 is 0 Å². The normalized spacial score (nSPS) is 12.1. The van der Waals surface area contributed by atoms with E-state index in [2.05, 4.69) is 5.10 Å². The van der Waals surface area contributed by atoms with Crippen LogP contribution in [0.2, 0.25) is 0 Å². The molecule has 0 N–H and O–H groups in total. The molecule has 1 heterocycles. The molecule has 1 aromatic heterocycles. The summed E-state index contributed by atoms with van der Waals surface area (Å²) >= 11 is 0. The molecule has 4 nitrogen and oxygen atoms in total. The number of anilines is 1. The minimum absolute atomic E-state index is 0.293. The largest absolute Gasteiger partial charge is 0.434 e. The number of aromatic nitrogens is 2. The maximum absolute atomic E-state index is 13.7. The number of halogens is 6. The van der Waals surface area contributed by atoms with Gasteiger partial charge in [-0.3, -0.25) is 4.79 Å². The monoisotopic (exact) mass is 413 g/mol. The lowest BCUT2D eigenvalue weighted by Crippen LogP contribution is -2.28. The topological polar surface area (TPSA) is 38.1 Å². The second-order valence-electron chi connectivity index (χ2n) is 6.06. The Hall–Kier alpha value is -3.30. The summed E-state index contributed by atoms with van der Waals surface area (Å²) in [6, 6.07) is 11.2. The number of alkyl halides is 6. The molecule has 0 fully saturated rings. The zero-order valence-electron chi connectivity index (χ0n) is 14.8. The van der Waals surface area contributed by atoms with E-state index in [1.165, 1.54) is 19.2 Å². The van der Waals surface area contributed by atoms with E-state index in [0.29, 0.717) is 22.6 Å². The second kappa shape index (κ2) is 7.26. The standard InChI is InChI=1S/C19H13F6N3O/c1-27(13-7-3-2-4-8-13)17(29)15-11-26-28(16(15)19(23,24)25)14-9-5-6-12(10-14)18(20,21)22/h2-11H,1H3. The summed E-state index contributed by atoms with van der Waals surface area (Å²) in [5.41, 5.74) is -3.48. The average molecular weight is 413 g/mol. The van der Waals surface area contributed by atoms with E-state index >= 15 is 0 Å². The molecule has 0 aliphatic heterocycles. The zero-order chi connectivity index (χ0) is 21.4. The van der Waals surface area contributed by atoms with Crippen molar-refractivity contribution in [3.05, 3.63) is 77.6 Å². The number of carbonyl (C=O) groups excluding carboxylic acids is 1. The zero-order valence-corrected chi connectivity index (χ0v) is 14.8. The molecule has 0 radical (unpaired) electrons. The van der Waals surface area contributed by atoms with Gasteiger partial charge in [0.05, 0.1) is 23.0 Å². The smallest absolute Gasteiger partial charge is 0.311 e. The molecule has 1 amide bonds. The van der Waals surface area contributed by atoms with Gasteiger partial charge in [-0.2, -0.15) is 31.4 Å². The minimum atomic E-state index is -5.03. The molecule has 0 atom stereocenters. The molecule has 10 heteroatoms. The van der Waals surface area contributed by atoms with Gasteiger partial charge in [0, 0.05) is 12.7 Å². The van der Waals surface area contributed by atoms with Crippen LogP contribution in [-0.4, -0.2) is 22.7 Å². The Kier molecular flexibility index (Phi) is 5.12. The highest BCUT2D eigenvalue weighted by atomic mass is 19.4. The van der Waals surface area contributed by atoms with Crippen LogP contribution in [0, 0.1) is 0 Å². The molecule has 2 aromatic carbocycles. The lowest BCUT2D eigenvalue weighted by atomic mass is 10.1. The molecule has 0 aliphatic rings. The Bertz CT molecular complexity index is 1020. The van der Waals surface area contributed by atoms with Gasteiger partial charge < -0.3 is 4.90 Å². The Balaban J connectivity index is 2.11. The van der Waals surface area contributed by atoms with Crippen LogP contribution < -0.4 is 4.90 Å². The van der Waals surface area contributed by atoms with Crippen molar-refractivity contribution in [2.45, 2.75) is 12.4 Å². The molecule has 0 saturated carbocycles. The lowest BCUT2D eigenvalue weighted by Gasteiger charge is -2.19. The van der Waals surface area contributed by atoms with Gasteiger partial charge in [0.2, 0.25) is 0 Å². The number of hydrogen-bond acceptors (Lipinski definition) is 2. The molecule has 0 spiro atoms. The van der Waals surface area contributed by atoms with Crippen molar-refractivity contribution in [1.82, 2.24) is 9.78 Å². The maximum Gasteiger partial charge on any atom is 0.434 e. The van der Waals surface area contributed by atoms with Crippen LogP contribution in [0.5, 0.6) is 0 Å². The maximum atomic E-state index is 13.7. The van der Waals surface area contributed by atoms with Crippen molar-refractivity contribution in [2.24, 2.45) is 0 Å². The van der Waals surface area contributed by atoms with Crippen molar-refractivity contribution < 1.29 is 31.1 Å². The highest BCUT2D eigenvalue weighted by molar-refractivity contribution is 6.06. The number of nitrogens with zero attached hydrogens (tertiary/aromatic N) is 3. The third-order valence-corrected chi connectivity index (χ3v) is 4.13. The minimum Gasteiger partial charge on any atom is -0.311 e. The molecular formula is C19H13F6N3O. The van der Waals surface area contributed by atoms with Gasteiger partial charge in [-0.25, -0.2) is 4.68 Å². The molecule has 3 aromatic rings. The number of rotatable bonds is 3. The highest BCUT2D eigenvalue weighted by Gasteiger charge is 2.41. The Morgan fingerprint density at radius 2 is 1.59 bits per heavy atom. The predicted octanol–water partition coefficient (Wildman–Crippen LogP) is 5.19. The first-order valence-electron chi connectivity index (χ1n) is 8.16. The van der Waals surface area contributed by atoms with Crippen LogP contribution in [0.4, 0.5) is 32.0 Å². The molecule has 3 rings (SSSR count). The van der Waals surface area contributed by atoms with E-state index in [4.69, 9.17) is 0 Å². The Morgan fingerprint density at radius 1 is 0.931 bits per heavy atom. The molecule has 29 heavy (non-hydrogen) atoms. The Labute approximate surface area is 161 Å². The first-order valence-corrected chi connectivity index (χ1v) is 8.16. The Morgan fingerprint density at radius 3 is 2.17 bits per heavy atom. The molecule has 152 valence electrons. The van der Waals surface area contributed by atoms with Gasteiger partial charge in [0.15, 0.2) is 5.69 Å². The molecule has 0 bridgehead atoms. The van der Waals surface area contributed by atoms with Gasteiger partial charge in [-0.1, -0.05) is 24.3 Å². The second-order valence-corrected chi connectivity index (χ2v) is 6.06. The molecule has 0 unspecified atom stereocenters. The van der Waals surface area contributed by atoms with E-state index in [1.54, 1.807) is 18.2 Å². The fourth-order valence-electron chi connectivity index (χ4n) is 2.74. The third-order valence-electron chi connectivity index (χ3n) is 4.13. The SMILES string of the molecule is CN(C(=O)c1cnn(-c2cccc(C(F)(F)F)c2)c1C(F)(F)F)c1ccccc1. The van der Waals surface area contributed by atoms with Gasteiger partial charge in [-0.05, 0) is 30.3 Å². The van der Waals surface area contributed by atoms with Crippen LogP contribution in [0.25, 0.3) is 5.69 Å². The molecular weight excluding hydrogens is 400 g/mol.